The van der Waals surface area contributed by atoms with E-state index in [1.165, 1.54) is 11.1 Å². The van der Waals surface area contributed by atoms with E-state index in [0.717, 1.165) is 19.8 Å². The molecule has 0 bridgehead atoms. The maximum Gasteiger partial charge on any atom is 0.162 e. The molecule has 1 fully saturated rings. The summed E-state index contributed by atoms with van der Waals surface area (Å²) in [5, 5.41) is 7.83. The van der Waals surface area contributed by atoms with Gasteiger partial charge in [0.2, 0.25) is 0 Å². The van der Waals surface area contributed by atoms with Gasteiger partial charge in [0.05, 0.1) is 19.3 Å². The van der Waals surface area contributed by atoms with E-state index in [0.29, 0.717) is 6.04 Å². The van der Waals surface area contributed by atoms with Crippen LogP contribution in [0.3, 0.4) is 0 Å². The van der Waals surface area contributed by atoms with Crippen LogP contribution >= 0.6 is 11.3 Å². The third kappa shape index (κ3) is 3.04. The molecule has 1 aromatic heterocycles. The molecule has 1 saturated heterocycles. The third-order valence-corrected chi connectivity index (χ3v) is 3.72. The normalized spacial score (nSPS) is 21.2. The summed E-state index contributed by atoms with van der Waals surface area (Å²) in [7, 11) is 0. The molecule has 0 aliphatic carbocycles. The topological polar surface area (TPSA) is 30.5 Å². The molecule has 1 aliphatic heterocycles. The summed E-state index contributed by atoms with van der Waals surface area (Å²) in [5.74, 6) is -0.420. The van der Waals surface area contributed by atoms with E-state index in [1.807, 2.05) is 13.8 Å². The van der Waals surface area contributed by atoms with Crippen molar-refractivity contribution in [1.82, 2.24) is 5.32 Å². The average molecular weight is 241 g/mol. The van der Waals surface area contributed by atoms with Crippen LogP contribution in [0.2, 0.25) is 0 Å². The summed E-state index contributed by atoms with van der Waals surface area (Å²) in [4.78, 5) is 0. The molecule has 0 aromatic carbocycles. The SMILES string of the molecule is Cc1cscc1CNC1COC(C)(C)OC1. The van der Waals surface area contributed by atoms with E-state index >= 15 is 0 Å². The highest BCUT2D eigenvalue weighted by Crippen LogP contribution is 2.18. The summed E-state index contributed by atoms with van der Waals surface area (Å²) < 4.78 is 11.2. The van der Waals surface area contributed by atoms with Crippen LogP contribution in [-0.2, 0) is 16.0 Å². The molecule has 0 spiro atoms. The molecule has 90 valence electrons. The van der Waals surface area contributed by atoms with E-state index < -0.39 is 5.79 Å². The van der Waals surface area contributed by atoms with Crippen molar-refractivity contribution in [2.45, 2.75) is 39.1 Å². The molecule has 3 nitrogen and oxygen atoms in total. The van der Waals surface area contributed by atoms with Crippen LogP contribution in [0, 0.1) is 6.92 Å². The van der Waals surface area contributed by atoms with E-state index in [2.05, 4.69) is 23.0 Å². The molecule has 1 aromatic rings. The minimum Gasteiger partial charge on any atom is -0.349 e. The first-order chi connectivity index (χ1) is 7.57. The number of aryl methyl sites for hydroxylation is 1. The second kappa shape index (κ2) is 4.84. The molecule has 0 amide bonds. The maximum atomic E-state index is 5.60. The van der Waals surface area contributed by atoms with Gasteiger partial charge in [-0.1, -0.05) is 0 Å². The Kier molecular flexibility index (Phi) is 3.64. The van der Waals surface area contributed by atoms with Crippen molar-refractivity contribution in [2.24, 2.45) is 0 Å². The van der Waals surface area contributed by atoms with Crippen molar-refractivity contribution in [2.75, 3.05) is 13.2 Å². The molecule has 2 rings (SSSR count). The smallest absolute Gasteiger partial charge is 0.162 e. The minimum absolute atomic E-state index is 0.298. The first-order valence-corrected chi connectivity index (χ1v) is 6.54. The molecule has 1 N–H and O–H groups in total. The predicted octanol–water partition coefficient (Wildman–Crippen LogP) is 2.30. The number of thiophene rings is 1. The van der Waals surface area contributed by atoms with Crippen LogP contribution in [0.1, 0.15) is 25.0 Å². The zero-order valence-electron chi connectivity index (χ0n) is 10.1. The van der Waals surface area contributed by atoms with Gasteiger partial charge in [-0.3, -0.25) is 0 Å². The highest BCUT2D eigenvalue weighted by molar-refractivity contribution is 7.08. The number of nitrogens with one attached hydrogen (secondary N) is 1. The Morgan fingerprint density at radius 3 is 2.62 bits per heavy atom. The zero-order chi connectivity index (χ0) is 11.6. The van der Waals surface area contributed by atoms with E-state index in [9.17, 15) is 0 Å². The number of hydrogen-bond acceptors (Lipinski definition) is 4. The third-order valence-electron chi connectivity index (χ3n) is 2.81. The van der Waals surface area contributed by atoms with Crippen molar-refractivity contribution < 1.29 is 9.47 Å². The molecule has 0 unspecified atom stereocenters. The number of hydrogen-bond donors (Lipinski definition) is 1. The first kappa shape index (κ1) is 12.0. The summed E-state index contributed by atoms with van der Waals surface area (Å²) in [5.41, 5.74) is 2.73. The lowest BCUT2D eigenvalue weighted by atomic mass is 10.2. The lowest BCUT2D eigenvalue weighted by Crippen LogP contribution is -2.48. The van der Waals surface area contributed by atoms with Gasteiger partial charge in [0.15, 0.2) is 5.79 Å². The molecule has 1 aliphatic rings. The predicted molar refractivity (Wildman–Crippen MR) is 65.7 cm³/mol. The van der Waals surface area contributed by atoms with Crippen molar-refractivity contribution in [3.8, 4) is 0 Å². The quantitative estimate of drug-likeness (QED) is 0.881. The number of rotatable bonds is 3. The summed E-state index contributed by atoms with van der Waals surface area (Å²) in [6, 6.07) is 0.298. The van der Waals surface area contributed by atoms with Crippen LogP contribution < -0.4 is 5.32 Å². The van der Waals surface area contributed by atoms with E-state index in [-0.39, 0.29) is 0 Å². The monoisotopic (exact) mass is 241 g/mol. The molecule has 0 saturated carbocycles. The van der Waals surface area contributed by atoms with Gasteiger partial charge in [-0.05, 0) is 42.7 Å². The lowest BCUT2D eigenvalue weighted by molar-refractivity contribution is -0.253. The molecule has 2 heterocycles. The summed E-state index contributed by atoms with van der Waals surface area (Å²) in [6.45, 7) is 8.38. The fourth-order valence-electron chi connectivity index (χ4n) is 1.63. The van der Waals surface area contributed by atoms with Crippen molar-refractivity contribution >= 4 is 11.3 Å². The van der Waals surface area contributed by atoms with Crippen LogP contribution in [0.15, 0.2) is 10.8 Å². The Morgan fingerprint density at radius 2 is 2.06 bits per heavy atom. The molecule has 16 heavy (non-hydrogen) atoms. The van der Waals surface area contributed by atoms with Crippen molar-refractivity contribution in [3.05, 3.63) is 21.9 Å². The molecule has 0 atom stereocenters. The maximum absolute atomic E-state index is 5.60. The number of ether oxygens (including phenoxy) is 2. The van der Waals surface area contributed by atoms with Gasteiger partial charge in [-0.25, -0.2) is 0 Å². The Morgan fingerprint density at radius 1 is 1.38 bits per heavy atom. The van der Waals surface area contributed by atoms with Crippen molar-refractivity contribution in [1.29, 1.82) is 0 Å². The van der Waals surface area contributed by atoms with E-state index in [4.69, 9.17) is 9.47 Å². The highest BCUT2D eigenvalue weighted by Gasteiger charge is 2.27. The first-order valence-electron chi connectivity index (χ1n) is 5.60. The lowest BCUT2D eigenvalue weighted by Gasteiger charge is -2.35. The summed E-state index contributed by atoms with van der Waals surface area (Å²) >= 11 is 1.75. The van der Waals surface area contributed by atoms with Crippen LogP contribution in [0.4, 0.5) is 0 Å². The van der Waals surface area contributed by atoms with Gasteiger partial charge in [0.1, 0.15) is 0 Å². The van der Waals surface area contributed by atoms with Gasteiger partial charge < -0.3 is 14.8 Å². The molecule has 4 heteroatoms. The van der Waals surface area contributed by atoms with Crippen LogP contribution in [-0.4, -0.2) is 25.0 Å². The Hall–Kier alpha value is -0.420. The van der Waals surface area contributed by atoms with Gasteiger partial charge in [-0.15, -0.1) is 0 Å². The molecular formula is C12H19NO2S. The fraction of sp³-hybridized carbons (Fsp3) is 0.667. The Balaban J connectivity index is 1.78. The molecular weight excluding hydrogens is 222 g/mol. The Bertz CT molecular complexity index is 339. The van der Waals surface area contributed by atoms with E-state index in [1.54, 1.807) is 11.3 Å². The van der Waals surface area contributed by atoms with Gasteiger partial charge in [0.25, 0.3) is 0 Å². The van der Waals surface area contributed by atoms with Crippen molar-refractivity contribution in [3.63, 3.8) is 0 Å². The summed E-state index contributed by atoms with van der Waals surface area (Å²) in [6.07, 6.45) is 0. The molecule has 0 radical (unpaired) electrons. The van der Waals surface area contributed by atoms with Gasteiger partial charge >= 0.3 is 0 Å². The second-order valence-corrected chi connectivity index (χ2v) is 5.42. The standard InChI is InChI=1S/C12H19NO2S/c1-9-7-16-8-10(9)4-13-11-5-14-12(2,3)15-6-11/h7-8,11,13H,4-6H2,1-3H3. The average Bonchev–Trinajstić information content (AvgIpc) is 2.63. The van der Waals surface area contributed by atoms with Gasteiger partial charge in [-0.2, -0.15) is 11.3 Å². The highest BCUT2D eigenvalue weighted by atomic mass is 32.1. The minimum atomic E-state index is -0.420. The van der Waals surface area contributed by atoms with Crippen LogP contribution in [0.5, 0.6) is 0 Å². The van der Waals surface area contributed by atoms with Crippen LogP contribution in [0.25, 0.3) is 0 Å². The Labute approximate surface area is 101 Å². The second-order valence-electron chi connectivity index (χ2n) is 4.68. The fourth-order valence-corrected chi connectivity index (χ4v) is 2.49. The zero-order valence-corrected chi connectivity index (χ0v) is 10.9. The largest absolute Gasteiger partial charge is 0.349 e. The van der Waals surface area contributed by atoms with Gasteiger partial charge in [0, 0.05) is 6.54 Å².